The highest BCUT2D eigenvalue weighted by Gasteiger charge is 2.35. The van der Waals surface area contributed by atoms with Crippen molar-refractivity contribution < 1.29 is 14.6 Å². The maximum atomic E-state index is 12.3. The molecular formula is C14H20N2O3. The number of aliphatic hydroxyl groups is 1. The monoisotopic (exact) mass is 264 g/mol. The van der Waals surface area contributed by atoms with Crippen molar-refractivity contribution in [2.45, 2.75) is 32.0 Å². The molecule has 2 heterocycles. The van der Waals surface area contributed by atoms with Gasteiger partial charge >= 0.3 is 0 Å². The number of hydrogen-bond donors (Lipinski definition) is 1. The number of aromatic nitrogens is 1. The van der Waals surface area contributed by atoms with Crippen LogP contribution in [-0.2, 0) is 16.0 Å². The van der Waals surface area contributed by atoms with E-state index in [1.807, 2.05) is 32.0 Å². The number of pyridine rings is 1. The molecule has 1 N–H and O–H groups in total. The van der Waals surface area contributed by atoms with Crippen molar-refractivity contribution in [3.63, 3.8) is 0 Å². The Morgan fingerprint density at radius 2 is 2.37 bits per heavy atom. The second-order valence-electron chi connectivity index (χ2n) is 5.45. The van der Waals surface area contributed by atoms with Crippen molar-refractivity contribution >= 4 is 5.91 Å². The fourth-order valence-corrected chi connectivity index (χ4v) is 2.35. The van der Waals surface area contributed by atoms with E-state index in [1.165, 1.54) is 0 Å². The third kappa shape index (κ3) is 3.75. The fourth-order valence-electron chi connectivity index (χ4n) is 2.35. The van der Waals surface area contributed by atoms with E-state index in [0.717, 1.165) is 5.69 Å². The minimum absolute atomic E-state index is 0.0218. The molecule has 0 aliphatic carbocycles. The standard InChI is InChI=1S/C14H20N2O3/c1-14(2)10-16(8-12(9-17)19-14)13(18)7-11-5-3-4-6-15-11/h3-6,12,17H,7-10H2,1-2H3. The molecule has 0 saturated carbocycles. The van der Waals surface area contributed by atoms with Crippen LogP contribution >= 0.6 is 0 Å². The summed E-state index contributed by atoms with van der Waals surface area (Å²) in [7, 11) is 0. The zero-order valence-electron chi connectivity index (χ0n) is 11.4. The zero-order valence-corrected chi connectivity index (χ0v) is 11.4. The average molecular weight is 264 g/mol. The van der Waals surface area contributed by atoms with Crippen molar-refractivity contribution in [3.8, 4) is 0 Å². The van der Waals surface area contributed by atoms with Gasteiger partial charge in [0.05, 0.1) is 24.7 Å². The molecule has 1 saturated heterocycles. The molecule has 0 aromatic carbocycles. The molecular weight excluding hydrogens is 244 g/mol. The normalized spacial score (nSPS) is 22.3. The number of rotatable bonds is 3. The predicted molar refractivity (Wildman–Crippen MR) is 70.6 cm³/mol. The molecule has 1 aromatic rings. The maximum Gasteiger partial charge on any atom is 0.228 e. The van der Waals surface area contributed by atoms with Gasteiger partial charge in [0.15, 0.2) is 0 Å². The van der Waals surface area contributed by atoms with Gasteiger partial charge in [0.1, 0.15) is 0 Å². The van der Waals surface area contributed by atoms with Crippen LogP contribution in [0, 0.1) is 0 Å². The number of carbonyl (C=O) groups excluding carboxylic acids is 1. The Balaban J connectivity index is 2.02. The molecule has 1 fully saturated rings. The molecule has 0 spiro atoms. The summed E-state index contributed by atoms with van der Waals surface area (Å²) in [5.41, 5.74) is 0.336. The molecule has 1 unspecified atom stereocenters. The van der Waals surface area contributed by atoms with Crippen molar-refractivity contribution in [2.75, 3.05) is 19.7 Å². The molecule has 104 valence electrons. The smallest absolute Gasteiger partial charge is 0.228 e. The Kier molecular flexibility index (Phi) is 4.17. The zero-order chi connectivity index (χ0) is 13.9. The van der Waals surface area contributed by atoms with Crippen molar-refractivity contribution in [1.82, 2.24) is 9.88 Å². The van der Waals surface area contributed by atoms with Gasteiger partial charge in [-0.05, 0) is 26.0 Å². The largest absolute Gasteiger partial charge is 0.394 e. The first-order valence-corrected chi connectivity index (χ1v) is 6.46. The summed E-state index contributed by atoms with van der Waals surface area (Å²) < 4.78 is 5.69. The lowest BCUT2D eigenvalue weighted by molar-refractivity contribution is -0.166. The van der Waals surface area contributed by atoms with E-state index in [9.17, 15) is 9.90 Å². The van der Waals surface area contributed by atoms with E-state index < -0.39 is 5.60 Å². The van der Waals surface area contributed by atoms with Crippen molar-refractivity contribution in [1.29, 1.82) is 0 Å². The van der Waals surface area contributed by atoms with E-state index in [4.69, 9.17) is 4.74 Å². The summed E-state index contributed by atoms with van der Waals surface area (Å²) in [4.78, 5) is 18.2. The van der Waals surface area contributed by atoms with Crippen LogP contribution in [0.3, 0.4) is 0 Å². The van der Waals surface area contributed by atoms with Crippen molar-refractivity contribution in [2.24, 2.45) is 0 Å². The van der Waals surface area contributed by atoms with E-state index >= 15 is 0 Å². The first-order chi connectivity index (χ1) is 9.00. The van der Waals surface area contributed by atoms with Crippen molar-refractivity contribution in [3.05, 3.63) is 30.1 Å². The Morgan fingerprint density at radius 1 is 1.58 bits per heavy atom. The lowest BCUT2D eigenvalue weighted by atomic mass is 10.0. The first-order valence-electron chi connectivity index (χ1n) is 6.46. The number of carbonyl (C=O) groups is 1. The second kappa shape index (κ2) is 5.67. The third-order valence-electron chi connectivity index (χ3n) is 3.10. The molecule has 2 rings (SSSR count). The summed E-state index contributed by atoms with van der Waals surface area (Å²) in [6.07, 6.45) is 1.66. The van der Waals surface area contributed by atoms with E-state index in [-0.39, 0.29) is 25.0 Å². The van der Waals surface area contributed by atoms with Gasteiger partial charge in [-0.3, -0.25) is 9.78 Å². The summed E-state index contributed by atoms with van der Waals surface area (Å²) in [6, 6.07) is 5.54. The van der Waals surface area contributed by atoms with Crippen LogP contribution in [0.2, 0.25) is 0 Å². The fraction of sp³-hybridized carbons (Fsp3) is 0.571. The molecule has 5 nitrogen and oxygen atoms in total. The molecule has 1 aromatic heterocycles. The topological polar surface area (TPSA) is 62.7 Å². The minimum atomic E-state index is -0.425. The van der Waals surface area contributed by atoms with Gasteiger partial charge in [-0.1, -0.05) is 6.07 Å². The van der Waals surface area contributed by atoms with Crippen LogP contribution in [0.4, 0.5) is 0 Å². The van der Waals surface area contributed by atoms with Crippen LogP contribution in [0.1, 0.15) is 19.5 Å². The van der Waals surface area contributed by atoms with Crippen LogP contribution in [-0.4, -0.2) is 52.3 Å². The predicted octanol–water partition coefficient (Wildman–Crippen LogP) is 0.622. The van der Waals surface area contributed by atoms with Gasteiger partial charge in [-0.25, -0.2) is 0 Å². The summed E-state index contributed by atoms with van der Waals surface area (Å²) in [5.74, 6) is 0.0218. The summed E-state index contributed by atoms with van der Waals surface area (Å²) >= 11 is 0. The SMILES string of the molecule is CC1(C)CN(C(=O)Cc2ccccn2)CC(CO)O1. The Hall–Kier alpha value is -1.46. The highest BCUT2D eigenvalue weighted by atomic mass is 16.5. The highest BCUT2D eigenvalue weighted by Crippen LogP contribution is 2.21. The Bertz CT molecular complexity index is 434. The molecule has 0 bridgehead atoms. The lowest BCUT2D eigenvalue weighted by Gasteiger charge is -2.42. The van der Waals surface area contributed by atoms with Crippen LogP contribution in [0.15, 0.2) is 24.4 Å². The van der Waals surface area contributed by atoms with Gasteiger partial charge in [0.25, 0.3) is 0 Å². The van der Waals surface area contributed by atoms with Gasteiger partial charge in [-0.15, -0.1) is 0 Å². The minimum Gasteiger partial charge on any atom is -0.394 e. The van der Waals surface area contributed by atoms with Gasteiger partial charge in [0.2, 0.25) is 5.91 Å². The average Bonchev–Trinajstić information content (AvgIpc) is 2.38. The van der Waals surface area contributed by atoms with Crippen LogP contribution in [0.25, 0.3) is 0 Å². The summed E-state index contributed by atoms with van der Waals surface area (Å²) in [5, 5.41) is 9.24. The number of amides is 1. The van der Waals surface area contributed by atoms with Gasteiger partial charge in [0, 0.05) is 25.0 Å². The first kappa shape index (κ1) is 14.0. The van der Waals surface area contributed by atoms with Gasteiger partial charge < -0.3 is 14.7 Å². The quantitative estimate of drug-likeness (QED) is 0.869. The van der Waals surface area contributed by atoms with E-state index in [1.54, 1.807) is 11.1 Å². The number of morpholine rings is 1. The molecule has 1 amide bonds. The molecule has 1 atom stereocenters. The Morgan fingerprint density at radius 3 is 3.00 bits per heavy atom. The van der Waals surface area contributed by atoms with Crippen LogP contribution < -0.4 is 0 Å². The molecule has 0 radical (unpaired) electrons. The molecule has 19 heavy (non-hydrogen) atoms. The molecule has 5 heteroatoms. The number of ether oxygens (including phenoxy) is 1. The number of nitrogens with zero attached hydrogens (tertiary/aromatic N) is 2. The summed E-state index contributed by atoms with van der Waals surface area (Å²) in [6.45, 7) is 4.75. The molecule has 1 aliphatic heterocycles. The van der Waals surface area contributed by atoms with Gasteiger partial charge in [-0.2, -0.15) is 0 Å². The number of hydrogen-bond acceptors (Lipinski definition) is 4. The maximum absolute atomic E-state index is 12.3. The number of aliphatic hydroxyl groups excluding tert-OH is 1. The lowest BCUT2D eigenvalue weighted by Crippen LogP contribution is -2.55. The molecule has 1 aliphatic rings. The van der Waals surface area contributed by atoms with E-state index in [2.05, 4.69) is 4.98 Å². The van der Waals surface area contributed by atoms with E-state index in [0.29, 0.717) is 13.1 Å². The van der Waals surface area contributed by atoms with Crippen LogP contribution in [0.5, 0.6) is 0 Å². The second-order valence-corrected chi connectivity index (χ2v) is 5.45. The Labute approximate surface area is 113 Å². The third-order valence-corrected chi connectivity index (χ3v) is 3.10. The highest BCUT2D eigenvalue weighted by molar-refractivity contribution is 5.78.